The van der Waals surface area contributed by atoms with E-state index >= 15 is 0 Å². The van der Waals surface area contributed by atoms with Gasteiger partial charge >= 0.3 is 12.6 Å². The van der Waals surface area contributed by atoms with Gasteiger partial charge in [-0.2, -0.15) is 8.78 Å². The Morgan fingerprint density at radius 1 is 1.15 bits per heavy atom. The third kappa shape index (κ3) is 6.96. The quantitative estimate of drug-likeness (QED) is 0.523. The molecule has 1 aliphatic carbocycles. The number of amides is 1. The first-order valence-corrected chi connectivity index (χ1v) is 11.6. The second-order valence-electron chi connectivity index (χ2n) is 7.72. The monoisotopic (exact) mass is 482 g/mol. The standard InChI is InChI=1S/C22H24F2N2O6S/c1-14-3-10-18(33(29,30)25-16-6-7-16)11-19(14)21(28)31-13-20(27)26(2)12-15-4-8-17(9-5-15)32-22(23)24/h3-5,8-11,16,22,25H,6-7,12-13H2,1-2H3. The number of alkyl halides is 2. The van der Waals surface area contributed by atoms with Crippen molar-refractivity contribution in [1.29, 1.82) is 0 Å². The highest BCUT2D eigenvalue weighted by atomic mass is 32.2. The van der Waals surface area contributed by atoms with Gasteiger partial charge in [-0.1, -0.05) is 18.2 Å². The first-order valence-electron chi connectivity index (χ1n) is 10.1. The zero-order valence-corrected chi connectivity index (χ0v) is 18.9. The summed E-state index contributed by atoms with van der Waals surface area (Å²) in [6.07, 6.45) is 1.56. The minimum Gasteiger partial charge on any atom is -0.452 e. The lowest BCUT2D eigenvalue weighted by Crippen LogP contribution is -2.31. The predicted octanol–water partition coefficient (Wildman–Crippen LogP) is 2.85. The molecule has 0 bridgehead atoms. The lowest BCUT2D eigenvalue weighted by molar-refractivity contribution is -0.133. The van der Waals surface area contributed by atoms with Gasteiger partial charge in [-0.3, -0.25) is 4.79 Å². The van der Waals surface area contributed by atoms with Gasteiger partial charge in [0.1, 0.15) is 5.75 Å². The molecule has 0 unspecified atom stereocenters. The summed E-state index contributed by atoms with van der Waals surface area (Å²) in [5, 5.41) is 0. The molecule has 0 aromatic heterocycles. The number of halogens is 2. The van der Waals surface area contributed by atoms with Gasteiger partial charge in [-0.05, 0) is 55.2 Å². The fourth-order valence-electron chi connectivity index (χ4n) is 2.93. The van der Waals surface area contributed by atoms with E-state index in [9.17, 15) is 26.8 Å². The molecule has 1 amide bonds. The molecule has 1 N–H and O–H groups in total. The number of sulfonamides is 1. The van der Waals surface area contributed by atoms with Crippen molar-refractivity contribution in [3.63, 3.8) is 0 Å². The third-order valence-electron chi connectivity index (χ3n) is 4.96. The highest BCUT2D eigenvalue weighted by molar-refractivity contribution is 7.89. The Balaban J connectivity index is 1.57. The molecule has 2 aromatic rings. The number of hydrogen-bond acceptors (Lipinski definition) is 6. The van der Waals surface area contributed by atoms with Gasteiger partial charge in [-0.15, -0.1) is 0 Å². The summed E-state index contributed by atoms with van der Waals surface area (Å²) in [5.74, 6) is -1.30. The van der Waals surface area contributed by atoms with Crippen molar-refractivity contribution in [2.45, 2.75) is 43.9 Å². The fraction of sp³-hybridized carbons (Fsp3) is 0.364. The molecule has 33 heavy (non-hydrogen) atoms. The summed E-state index contributed by atoms with van der Waals surface area (Å²) in [5.41, 5.74) is 1.23. The Morgan fingerprint density at radius 2 is 1.82 bits per heavy atom. The number of benzene rings is 2. The van der Waals surface area contributed by atoms with Gasteiger partial charge in [0.15, 0.2) is 6.61 Å². The number of nitrogens with one attached hydrogen (secondary N) is 1. The van der Waals surface area contributed by atoms with Crippen LogP contribution in [0.4, 0.5) is 8.78 Å². The van der Waals surface area contributed by atoms with Crippen molar-refractivity contribution in [1.82, 2.24) is 9.62 Å². The maximum Gasteiger partial charge on any atom is 0.387 e. The number of rotatable bonds is 10. The van der Waals surface area contributed by atoms with Gasteiger partial charge in [0, 0.05) is 19.6 Å². The summed E-state index contributed by atoms with van der Waals surface area (Å²) in [6, 6.07) is 9.88. The second kappa shape index (κ2) is 10.3. The maximum atomic E-state index is 12.5. The SMILES string of the molecule is Cc1ccc(S(=O)(=O)NC2CC2)cc1C(=O)OCC(=O)N(C)Cc1ccc(OC(F)F)cc1. The van der Waals surface area contributed by atoms with E-state index in [2.05, 4.69) is 9.46 Å². The molecular formula is C22H24F2N2O6S. The Morgan fingerprint density at radius 3 is 2.42 bits per heavy atom. The third-order valence-corrected chi connectivity index (χ3v) is 6.48. The molecule has 0 atom stereocenters. The zero-order chi connectivity index (χ0) is 24.2. The number of ether oxygens (including phenoxy) is 2. The molecule has 2 aromatic carbocycles. The molecule has 0 saturated heterocycles. The summed E-state index contributed by atoms with van der Waals surface area (Å²) < 4.78 is 61.2. The molecular weight excluding hydrogens is 458 g/mol. The number of likely N-dealkylation sites (N-methyl/N-ethyl adjacent to an activating group) is 1. The lowest BCUT2D eigenvalue weighted by atomic mass is 10.1. The molecule has 0 spiro atoms. The maximum absolute atomic E-state index is 12.5. The molecule has 1 aliphatic rings. The van der Waals surface area contributed by atoms with E-state index < -0.39 is 35.1 Å². The summed E-state index contributed by atoms with van der Waals surface area (Å²) in [7, 11) is -2.24. The summed E-state index contributed by atoms with van der Waals surface area (Å²) in [4.78, 5) is 26.1. The number of carbonyl (C=O) groups is 2. The average Bonchev–Trinajstić information content (AvgIpc) is 3.56. The fourth-order valence-corrected chi connectivity index (χ4v) is 4.26. The average molecular weight is 483 g/mol. The minimum absolute atomic E-state index is 0.00334. The number of hydrogen-bond donors (Lipinski definition) is 1. The molecule has 11 heteroatoms. The van der Waals surface area contributed by atoms with Crippen molar-refractivity contribution in [2.24, 2.45) is 0 Å². The van der Waals surface area contributed by atoms with E-state index in [4.69, 9.17) is 4.74 Å². The van der Waals surface area contributed by atoms with E-state index in [1.165, 1.54) is 42.3 Å². The van der Waals surface area contributed by atoms with Crippen LogP contribution in [0, 0.1) is 6.92 Å². The molecule has 0 heterocycles. The van der Waals surface area contributed by atoms with Crippen LogP contribution in [0.3, 0.4) is 0 Å². The lowest BCUT2D eigenvalue weighted by Gasteiger charge is -2.18. The zero-order valence-electron chi connectivity index (χ0n) is 18.1. The van der Waals surface area contributed by atoms with Crippen molar-refractivity contribution in [3.8, 4) is 5.75 Å². The van der Waals surface area contributed by atoms with Crippen molar-refractivity contribution in [3.05, 3.63) is 59.2 Å². The first kappa shape index (κ1) is 24.6. The number of esters is 1. The Hall–Kier alpha value is -3.05. The van der Waals surface area contributed by atoms with Gasteiger partial charge in [0.2, 0.25) is 10.0 Å². The minimum atomic E-state index is -3.74. The summed E-state index contributed by atoms with van der Waals surface area (Å²) in [6.45, 7) is -1.67. The number of nitrogens with zero attached hydrogens (tertiary/aromatic N) is 1. The van der Waals surface area contributed by atoms with E-state index in [-0.39, 0.29) is 28.8 Å². The highest BCUT2D eigenvalue weighted by Gasteiger charge is 2.28. The van der Waals surface area contributed by atoms with E-state index in [1.807, 2.05) is 0 Å². The molecule has 0 radical (unpaired) electrons. The normalized spacial score (nSPS) is 13.6. The van der Waals surface area contributed by atoms with Crippen LogP contribution in [-0.4, -0.2) is 51.5 Å². The van der Waals surface area contributed by atoms with Crippen molar-refractivity contribution in [2.75, 3.05) is 13.7 Å². The first-order chi connectivity index (χ1) is 15.5. The van der Waals surface area contributed by atoms with E-state index in [1.54, 1.807) is 19.1 Å². The largest absolute Gasteiger partial charge is 0.452 e. The smallest absolute Gasteiger partial charge is 0.387 e. The molecule has 3 rings (SSSR count). The van der Waals surface area contributed by atoms with Crippen LogP contribution in [0.25, 0.3) is 0 Å². The second-order valence-corrected chi connectivity index (χ2v) is 9.43. The summed E-state index contributed by atoms with van der Waals surface area (Å²) >= 11 is 0. The van der Waals surface area contributed by atoms with Crippen LogP contribution in [-0.2, 0) is 26.1 Å². The Labute approximate surface area is 190 Å². The molecule has 1 fully saturated rings. The number of carbonyl (C=O) groups excluding carboxylic acids is 2. The van der Waals surface area contributed by atoms with E-state index in [0.717, 1.165) is 12.8 Å². The Bertz CT molecular complexity index is 1120. The van der Waals surface area contributed by atoms with Crippen LogP contribution < -0.4 is 9.46 Å². The van der Waals surface area contributed by atoms with Crippen molar-refractivity contribution < 1.29 is 36.3 Å². The highest BCUT2D eigenvalue weighted by Crippen LogP contribution is 2.23. The Kier molecular flexibility index (Phi) is 7.65. The van der Waals surface area contributed by atoms with Crippen LogP contribution >= 0.6 is 0 Å². The van der Waals surface area contributed by atoms with Gasteiger partial charge in [-0.25, -0.2) is 17.9 Å². The number of aryl methyl sites for hydroxylation is 1. The van der Waals surface area contributed by atoms with Crippen molar-refractivity contribution >= 4 is 21.9 Å². The van der Waals surface area contributed by atoms with Crippen LogP contribution in [0.2, 0.25) is 0 Å². The molecule has 1 saturated carbocycles. The van der Waals surface area contributed by atoms with Crippen LogP contribution in [0.15, 0.2) is 47.4 Å². The predicted molar refractivity (Wildman–Crippen MR) is 114 cm³/mol. The molecule has 8 nitrogen and oxygen atoms in total. The molecule has 178 valence electrons. The molecule has 0 aliphatic heterocycles. The van der Waals surface area contributed by atoms with Gasteiger partial charge in [0.05, 0.1) is 10.5 Å². The topological polar surface area (TPSA) is 102 Å². The van der Waals surface area contributed by atoms with Gasteiger partial charge < -0.3 is 14.4 Å². The van der Waals surface area contributed by atoms with Gasteiger partial charge in [0.25, 0.3) is 5.91 Å². The van der Waals surface area contributed by atoms with Crippen LogP contribution in [0.1, 0.15) is 34.3 Å². The van der Waals surface area contributed by atoms with E-state index in [0.29, 0.717) is 11.1 Å². The van der Waals surface area contributed by atoms with Crippen LogP contribution in [0.5, 0.6) is 5.75 Å².